The standard InChI is InChI=1S/C53H95O13P/c1-3-5-7-9-11-13-15-17-19-20-21-22-23-24-25-26-28-30-32-34-36-38-40-42-47(55)65-45(44-64-67(61,62)66-53-51(59)49(57)48(56)50(58)52(53)60)43-63-46(54)41-39-37-35-33-31-29-27-18-16-14-12-10-8-6-4-2/h5,7,11,13,17,19,21-22,45,48-53,56-60H,3-4,6,8-10,12,14-16,18,20,23-44H2,1-2H3,(H,61,62)/b7-5-,13-11-,19-17-,22-21-. The average molecular weight is 971 g/mol. The van der Waals surface area contributed by atoms with Gasteiger partial charge in [-0.2, -0.15) is 0 Å². The van der Waals surface area contributed by atoms with Gasteiger partial charge in [0.2, 0.25) is 0 Å². The number of hydrogen-bond donors (Lipinski definition) is 6. The molecule has 0 saturated heterocycles. The van der Waals surface area contributed by atoms with Crippen molar-refractivity contribution >= 4 is 19.8 Å². The van der Waals surface area contributed by atoms with E-state index in [0.717, 1.165) is 77.0 Å². The molecule has 6 N–H and O–H groups in total. The first-order valence-corrected chi connectivity index (χ1v) is 27.9. The lowest BCUT2D eigenvalue weighted by Gasteiger charge is -2.41. The van der Waals surface area contributed by atoms with Gasteiger partial charge in [0.1, 0.15) is 43.2 Å². The van der Waals surface area contributed by atoms with Gasteiger partial charge in [0.05, 0.1) is 6.61 Å². The van der Waals surface area contributed by atoms with Crippen LogP contribution in [0.5, 0.6) is 0 Å². The summed E-state index contributed by atoms with van der Waals surface area (Å²) in [7, 11) is -5.12. The number of aliphatic hydroxyl groups is 5. The fraction of sp³-hybridized carbons (Fsp3) is 0.811. The maximum atomic E-state index is 12.9. The van der Waals surface area contributed by atoms with Crippen molar-refractivity contribution in [2.75, 3.05) is 13.2 Å². The molecule has 1 saturated carbocycles. The summed E-state index contributed by atoms with van der Waals surface area (Å²) in [5, 5.41) is 50.3. The number of allylic oxidation sites excluding steroid dienone is 8. The molecule has 0 spiro atoms. The first-order chi connectivity index (χ1) is 32.4. The highest BCUT2D eigenvalue weighted by Gasteiger charge is 2.51. The second-order valence-electron chi connectivity index (χ2n) is 18.4. The lowest BCUT2D eigenvalue weighted by atomic mass is 9.85. The Hall–Kier alpha value is -2.19. The largest absolute Gasteiger partial charge is 0.472 e. The van der Waals surface area contributed by atoms with E-state index < -0.39 is 75.7 Å². The maximum Gasteiger partial charge on any atom is 0.472 e. The van der Waals surface area contributed by atoms with Crippen molar-refractivity contribution < 1.29 is 63.1 Å². The number of phosphoric acid groups is 1. The van der Waals surface area contributed by atoms with Gasteiger partial charge in [0.25, 0.3) is 0 Å². The summed E-state index contributed by atoms with van der Waals surface area (Å²) in [5.74, 6) is -1.10. The molecule has 1 rings (SSSR count). The summed E-state index contributed by atoms with van der Waals surface area (Å²) in [6.45, 7) is 3.21. The lowest BCUT2D eigenvalue weighted by molar-refractivity contribution is -0.220. The number of ether oxygens (including phenoxy) is 2. The molecule has 0 bridgehead atoms. The van der Waals surface area contributed by atoms with Crippen LogP contribution in [-0.4, -0.2) is 98.3 Å². The Balaban J connectivity index is 2.37. The molecule has 390 valence electrons. The molecular weight excluding hydrogens is 876 g/mol. The molecule has 0 radical (unpaired) electrons. The van der Waals surface area contributed by atoms with Crippen LogP contribution in [0.4, 0.5) is 0 Å². The zero-order chi connectivity index (χ0) is 49.2. The van der Waals surface area contributed by atoms with Crippen LogP contribution in [0.15, 0.2) is 48.6 Å². The quantitative estimate of drug-likeness (QED) is 0.0145. The molecule has 13 nitrogen and oxygen atoms in total. The van der Waals surface area contributed by atoms with E-state index in [9.17, 15) is 44.6 Å². The van der Waals surface area contributed by atoms with E-state index in [4.69, 9.17) is 18.5 Å². The molecule has 1 fully saturated rings. The molecule has 0 heterocycles. The third kappa shape index (κ3) is 34.7. The summed E-state index contributed by atoms with van der Waals surface area (Å²) >= 11 is 0. The van der Waals surface area contributed by atoms with E-state index in [2.05, 4.69) is 62.5 Å². The van der Waals surface area contributed by atoms with Crippen LogP contribution in [0.3, 0.4) is 0 Å². The molecule has 1 aliphatic rings. The van der Waals surface area contributed by atoms with Gasteiger partial charge >= 0.3 is 19.8 Å². The van der Waals surface area contributed by atoms with E-state index >= 15 is 0 Å². The molecule has 0 aliphatic heterocycles. The molecule has 6 unspecified atom stereocenters. The van der Waals surface area contributed by atoms with E-state index in [1.165, 1.54) is 103 Å². The number of hydrogen-bond acceptors (Lipinski definition) is 12. The minimum absolute atomic E-state index is 0.0920. The summed E-state index contributed by atoms with van der Waals surface area (Å²) in [5.41, 5.74) is 0. The molecule has 0 aromatic carbocycles. The summed E-state index contributed by atoms with van der Waals surface area (Å²) in [4.78, 5) is 35.9. The topological polar surface area (TPSA) is 210 Å². The van der Waals surface area contributed by atoms with Crippen LogP contribution in [-0.2, 0) is 32.7 Å². The highest BCUT2D eigenvalue weighted by Crippen LogP contribution is 2.47. The number of phosphoric ester groups is 1. The van der Waals surface area contributed by atoms with E-state index in [1.54, 1.807) is 0 Å². The molecule has 0 amide bonds. The highest BCUT2D eigenvalue weighted by molar-refractivity contribution is 7.47. The van der Waals surface area contributed by atoms with Gasteiger partial charge < -0.3 is 39.9 Å². The number of esters is 2. The Morgan fingerprint density at radius 3 is 1.30 bits per heavy atom. The second kappa shape index (κ2) is 42.7. The molecule has 1 aliphatic carbocycles. The summed E-state index contributed by atoms with van der Waals surface area (Å²) in [6.07, 6.45) is 38.7. The Labute approximate surface area is 405 Å². The van der Waals surface area contributed by atoms with Gasteiger partial charge in [0, 0.05) is 12.8 Å². The van der Waals surface area contributed by atoms with Crippen LogP contribution in [0.1, 0.15) is 219 Å². The van der Waals surface area contributed by atoms with Gasteiger partial charge in [-0.1, -0.05) is 204 Å². The SMILES string of the molecule is CC/C=C\C/C=C\C/C=C\C/C=C\CCCCCCCCCCCCC(=O)OC(COC(=O)CCCCCCCCCCCCCCCCC)COP(=O)(O)OC1C(O)C(O)C(O)C(O)C1O. The Morgan fingerprint density at radius 1 is 0.478 bits per heavy atom. The number of carbonyl (C=O) groups is 2. The smallest absolute Gasteiger partial charge is 0.462 e. The first-order valence-electron chi connectivity index (χ1n) is 26.4. The Bertz CT molecular complexity index is 1350. The number of aliphatic hydroxyl groups excluding tert-OH is 5. The van der Waals surface area contributed by atoms with Crippen molar-refractivity contribution in [3.8, 4) is 0 Å². The van der Waals surface area contributed by atoms with Gasteiger partial charge in [-0.05, 0) is 51.4 Å². The normalized spacial score (nSPS) is 21.5. The first kappa shape index (κ1) is 62.8. The predicted octanol–water partition coefficient (Wildman–Crippen LogP) is 11.5. The van der Waals surface area contributed by atoms with Crippen LogP contribution in [0.2, 0.25) is 0 Å². The number of rotatable bonds is 44. The fourth-order valence-electron chi connectivity index (χ4n) is 7.99. The summed E-state index contributed by atoms with van der Waals surface area (Å²) in [6, 6.07) is 0. The third-order valence-electron chi connectivity index (χ3n) is 12.2. The van der Waals surface area contributed by atoms with Crippen molar-refractivity contribution in [2.24, 2.45) is 0 Å². The van der Waals surface area contributed by atoms with Gasteiger partial charge in [-0.15, -0.1) is 0 Å². The van der Waals surface area contributed by atoms with Gasteiger partial charge in [-0.25, -0.2) is 4.57 Å². The summed E-state index contributed by atoms with van der Waals surface area (Å²) < 4.78 is 33.7. The lowest BCUT2D eigenvalue weighted by Crippen LogP contribution is -2.64. The Kier molecular flexibility index (Phi) is 40.0. The van der Waals surface area contributed by atoms with Gasteiger partial charge in [0.15, 0.2) is 6.10 Å². The van der Waals surface area contributed by atoms with Crippen LogP contribution in [0, 0.1) is 0 Å². The maximum absolute atomic E-state index is 12.9. The monoisotopic (exact) mass is 971 g/mol. The van der Waals surface area contributed by atoms with E-state index in [1.807, 2.05) is 0 Å². The van der Waals surface area contributed by atoms with Crippen molar-refractivity contribution in [2.45, 2.75) is 262 Å². The van der Waals surface area contributed by atoms with Crippen molar-refractivity contribution in [1.82, 2.24) is 0 Å². The molecular formula is C53H95O13P. The van der Waals surface area contributed by atoms with E-state index in [-0.39, 0.29) is 12.8 Å². The average Bonchev–Trinajstić information content (AvgIpc) is 3.31. The second-order valence-corrected chi connectivity index (χ2v) is 19.8. The van der Waals surface area contributed by atoms with Crippen LogP contribution >= 0.6 is 7.82 Å². The van der Waals surface area contributed by atoms with Gasteiger partial charge in [-0.3, -0.25) is 18.6 Å². The third-order valence-corrected chi connectivity index (χ3v) is 13.2. The number of unbranched alkanes of at least 4 members (excludes halogenated alkanes) is 24. The molecule has 6 atom stereocenters. The Morgan fingerprint density at radius 2 is 0.851 bits per heavy atom. The van der Waals surface area contributed by atoms with Crippen molar-refractivity contribution in [1.29, 1.82) is 0 Å². The minimum Gasteiger partial charge on any atom is -0.462 e. The van der Waals surface area contributed by atoms with Crippen molar-refractivity contribution in [3.63, 3.8) is 0 Å². The molecule has 0 aromatic rings. The highest BCUT2D eigenvalue weighted by atomic mass is 31.2. The molecule has 67 heavy (non-hydrogen) atoms. The predicted molar refractivity (Wildman–Crippen MR) is 267 cm³/mol. The van der Waals surface area contributed by atoms with Crippen LogP contribution in [0.25, 0.3) is 0 Å². The van der Waals surface area contributed by atoms with Crippen LogP contribution < -0.4 is 0 Å². The zero-order valence-electron chi connectivity index (χ0n) is 41.7. The van der Waals surface area contributed by atoms with E-state index in [0.29, 0.717) is 12.8 Å². The zero-order valence-corrected chi connectivity index (χ0v) is 42.6. The molecule has 14 heteroatoms. The number of carbonyl (C=O) groups excluding carboxylic acids is 2. The fourth-order valence-corrected chi connectivity index (χ4v) is 8.96. The van der Waals surface area contributed by atoms with Crippen molar-refractivity contribution in [3.05, 3.63) is 48.6 Å². The minimum atomic E-state index is -5.12. The molecule has 0 aromatic heterocycles.